The molecule has 290 valence electrons. The Morgan fingerprint density at radius 3 is 1.50 bits per heavy atom. The van der Waals surface area contributed by atoms with E-state index in [-0.39, 0.29) is 25.2 Å². The molecule has 0 aromatic rings. The lowest BCUT2D eigenvalue weighted by molar-refractivity contribution is -0.177. The Labute approximate surface area is 293 Å². The number of nitrogens with two attached hydrogens (primary N) is 1. The van der Waals surface area contributed by atoms with Gasteiger partial charge in [0.2, 0.25) is 0 Å². The average molecular weight is 722 g/mol. The first-order valence-electron chi connectivity index (χ1n) is 17.3. The molecule has 0 aliphatic heterocycles. The lowest BCUT2D eigenvalue weighted by atomic mass is 9.87. The molecular formula is C34H59NO15. The number of aliphatic carboxylic acids is 4. The van der Waals surface area contributed by atoms with Gasteiger partial charge in [-0.05, 0) is 50.9 Å². The Balaban J connectivity index is 5.98. The highest BCUT2D eigenvalue weighted by Crippen LogP contribution is 2.29. The molecule has 0 aromatic carbocycles. The van der Waals surface area contributed by atoms with Crippen molar-refractivity contribution in [2.45, 2.75) is 154 Å². The van der Waals surface area contributed by atoms with Gasteiger partial charge in [0.05, 0.1) is 55.8 Å². The molecule has 16 heteroatoms. The molecule has 0 aliphatic carbocycles. The summed E-state index contributed by atoms with van der Waals surface area (Å²) in [6.07, 6.45) is -3.74. The summed E-state index contributed by atoms with van der Waals surface area (Å²) in [5, 5.41) is 67.8. The minimum Gasteiger partial charge on any atom is -0.481 e. The molecule has 0 spiro atoms. The van der Waals surface area contributed by atoms with Crippen LogP contribution in [-0.2, 0) is 38.2 Å². The molecule has 0 bridgehead atoms. The van der Waals surface area contributed by atoms with Crippen LogP contribution in [0.1, 0.15) is 118 Å². The van der Waals surface area contributed by atoms with Crippen LogP contribution < -0.4 is 5.73 Å². The number of rotatable bonds is 29. The van der Waals surface area contributed by atoms with E-state index in [0.29, 0.717) is 38.5 Å². The molecule has 0 aliphatic rings. The Morgan fingerprint density at radius 1 is 0.620 bits per heavy atom. The van der Waals surface area contributed by atoms with E-state index in [2.05, 4.69) is 0 Å². The van der Waals surface area contributed by atoms with Crippen molar-refractivity contribution in [3.63, 3.8) is 0 Å². The van der Waals surface area contributed by atoms with Crippen molar-refractivity contribution < 1.29 is 74.0 Å². The molecule has 0 heterocycles. The summed E-state index contributed by atoms with van der Waals surface area (Å²) in [6.45, 7) is 7.06. The van der Waals surface area contributed by atoms with E-state index >= 15 is 0 Å². The minimum absolute atomic E-state index is 0.0270. The fourth-order valence-corrected chi connectivity index (χ4v) is 5.68. The van der Waals surface area contributed by atoms with Gasteiger partial charge in [0.15, 0.2) is 0 Å². The van der Waals surface area contributed by atoms with E-state index in [9.17, 15) is 54.3 Å². The van der Waals surface area contributed by atoms with Crippen LogP contribution in [0.2, 0.25) is 0 Å². The maximum Gasteiger partial charge on any atom is 0.307 e. The van der Waals surface area contributed by atoms with Crippen molar-refractivity contribution in [1.29, 1.82) is 0 Å². The van der Waals surface area contributed by atoms with Gasteiger partial charge in [-0.25, -0.2) is 0 Å². The van der Waals surface area contributed by atoms with E-state index in [0.717, 1.165) is 6.42 Å². The van der Waals surface area contributed by atoms with Gasteiger partial charge in [-0.2, -0.15) is 0 Å². The van der Waals surface area contributed by atoms with Crippen LogP contribution >= 0.6 is 0 Å². The van der Waals surface area contributed by atoms with Gasteiger partial charge in [0, 0.05) is 12.5 Å². The normalized spacial score (nSPS) is 17.5. The molecule has 0 aromatic heterocycles. The van der Waals surface area contributed by atoms with Crippen molar-refractivity contribution in [1.82, 2.24) is 0 Å². The second kappa shape index (κ2) is 24.7. The molecule has 3 unspecified atom stereocenters. The highest BCUT2D eigenvalue weighted by molar-refractivity contribution is 5.83. The molecule has 0 amide bonds. The molecule has 0 fully saturated rings. The number of hydrogen-bond donors (Lipinski definition) is 8. The van der Waals surface area contributed by atoms with Crippen molar-refractivity contribution in [3.05, 3.63) is 0 Å². The van der Waals surface area contributed by atoms with E-state index in [1.54, 1.807) is 20.8 Å². The Morgan fingerprint density at radius 2 is 1.08 bits per heavy atom. The van der Waals surface area contributed by atoms with E-state index in [1.807, 2.05) is 6.92 Å². The number of aliphatic hydroxyl groups excluding tert-OH is 3. The highest BCUT2D eigenvalue weighted by Gasteiger charge is 2.37. The third-order valence-corrected chi connectivity index (χ3v) is 8.61. The highest BCUT2D eigenvalue weighted by atomic mass is 16.6. The summed E-state index contributed by atoms with van der Waals surface area (Å²) < 4.78 is 11.4. The third kappa shape index (κ3) is 21.0. The fourth-order valence-electron chi connectivity index (χ4n) is 5.68. The molecule has 50 heavy (non-hydrogen) atoms. The third-order valence-electron chi connectivity index (χ3n) is 8.61. The molecule has 0 saturated heterocycles. The number of aliphatic hydroxyl groups is 3. The van der Waals surface area contributed by atoms with Crippen LogP contribution in [0.3, 0.4) is 0 Å². The number of carbonyl (C=O) groups is 6. The zero-order valence-electron chi connectivity index (χ0n) is 29.6. The van der Waals surface area contributed by atoms with Crippen LogP contribution in [0.15, 0.2) is 0 Å². The lowest BCUT2D eigenvalue weighted by Gasteiger charge is -2.33. The number of carbonyl (C=O) groups excluding carboxylic acids is 2. The van der Waals surface area contributed by atoms with Crippen LogP contribution in [0.25, 0.3) is 0 Å². The fraction of sp³-hybridized carbons (Fsp3) is 0.824. The van der Waals surface area contributed by atoms with Gasteiger partial charge >= 0.3 is 35.8 Å². The predicted octanol–water partition coefficient (Wildman–Crippen LogP) is 2.56. The van der Waals surface area contributed by atoms with Crippen molar-refractivity contribution in [2.24, 2.45) is 29.4 Å². The summed E-state index contributed by atoms with van der Waals surface area (Å²) in [5.41, 5.74) is 5.63. The summed E-state index contributed by atoms with van der Waals surface area (Å²) >= 11 is 0. The first-order chi connectivity index (χ1) is 23.3. The Hall–Kier alpha value is -3.34. The molecule has 0 rings (SSSR count). The predicted molar refractivity (Wildman–Crippen MR) is 178 cm³/mol. The van der Waals surface area contributed by atoms with Gasteiger partial charge in [-0.3, -0.25) is 28.8 Å². The maximum atomic E-state index is 13.0. The molecular weight excluding hydrogens is 662 g/mol. The molecule has 10 atom stereocenters. The molecule has 16 nitrogen and oxygen atoms in total. The minimum atomic E-state index is -1.59. The van der Waals surface area contributed by atoms with Crippen molar-refractivity contribution >= 4 is 35.8 Å². The van der Waals surface area contributed by atoms with Crippen LogP contribution in [0.5, 0.6) is 0 Å². The lowest BCUT2D eigenvalue weighted by Crippen LogP contribution is -2.42. The molecule has 0 radical (unpaired) electrons. The number of carboxylic acids is 4. The van der Waals surface area contributed by atoms with Gasteiger partial charge in [0.25, 0.3) is 0 Å². The second-order valence-electron chi connectivity index (χ2n) is 13.6. The summed E-state index contributed by atoms with van der Waals surface area (Å²) in [7, 11) is 0. The van der Waals surface area contributed by atoms with Crippen LogP contribution in [0.4, 0.5) is 0 Å². The SMILES string of the molecule is CCCC[C@@H](C)[C@@H](OC(=O)CC(CC(=O)O)C(=O)O)[C@H](C[C@@H](C)C[C@H](O)CCCCC(O)C[C@H](O)[C@H](C)N)OC(=O)CC(CC(=O)O)C(=O)O. The maximum absolute atomic E-state index is 13.0. The van der Waals surface area contributed by atoms with Crippen LogP contribution in [0, 0.1) is 23.7 Å². The summed E-state index contributed by atoms with van der Waals surface area (Å²) in [4.78, 5) is 71.6. The number of hydrogen-bond acceptors (Lipinski definition) is 12. The van der Waals surface area contributed by atoms with Gasteiger partial charge < -0.3 is 51.0 Å². The van der Waals surface area contributed by atoms with E-state index in [1.165, 1.54) is 0 Å². The van der Waals surface area contributed by atoms with Crippen LogP contribution in [-0.4, -0.2) is 108 Å². The number of esters is 2. The monoisotopic (exact) mass is 721 g/mol. The van der Waals surface area contributed by atoms with E-state index in [4.69, 9.17) is 25.4 Å². The number of unbranched alkanes of at least 4 members (excludes halogenated alkanes) is 2. The summed E-state index contributed by atoms with van der Waals surface area (Å²) in [5.74, 6) is -12.0. The second-order valence-corrected chi connectivity index (χ2v) is 13.6. The quantitative estimate of drug-likeness (QED) is 0.0407. The van der Waals surface area contributed by atoms with Crippen molar-refractivity contribution in [2.75, 3.05) is 0 Å². The summed E-state index contributed by atoms with van der Waals surface area (Å²) in [6, 6.07) is -0.476. The topological polar surface area (TPSA) is 289 Å². The largest absolute Gasteiger partial charge is 0.481 e. The average Bonchev–Trinajstić information content (AvgIpc) is 2.99. The van der Waals surface area contributed by atoms with Gasteiger partial charge in [-0.15, -0.1) is 0 Å². The molecule has 9 N–H and O–H groups in total. The first-order valence-corrected chi connectivity index (χ1v) is 17.3. The smallest absolute Gasteiger partial charge is 0.307 e. The zero-order valence-corrected chi connectivity index (χ0v) is 29.6. The van der Waals surface area contributed by atoms with Gasteiger partial charge in [0.1, 0.15) is 12.2 Å². The zero-order chi connectivity index (χ0) is 38.6. The first kappa shape index (κ1) is 46.7. The Kier molecular flexibility index (Phi) is 23.1. The molecule has 0 saturated carbocycles. The van der Waals surface area contributed by atoms with E-state index < -0.39 is 116 Å². The van der Waals surface area contributed by atoms with Gasteiger partial charge in [-0.1, -0.05) is 46.5 Å². The Bertz CT molecular complexity index is 1070. The number of ether oxygens (including phenoxy) is 2. The van der Waals surface area contributed by atoms with Crippen molar-refractivity contribution in [3.8, 4) is 0 Å². The standard InChI is InChI=1S/C34H59NO15/c1-5-6-9-20(3)32(50-31(44)17-23(34(47)48)15-29(41)42)27(49-30(43)16-22(33(45)46)14-28(39)40)13-19(2)12-24(36)10-7-8-11-25(37)18-26(38)21(4)35/h19-27,32,36-38H,5-18,35H2,1-4H3,(H,39,40)(H,41,42)(H,45,46)(H,47,48)/t19-,20+,21-,22?,23?,24+,25?,26-,27-,32+/m0/s1. The number of carboxylic acid groups (broad SMARTS) is 4.